The normalized spacial score (nSPS) is 11.2. The van der Waals surface area contributed by atoms with E-state index < -0.39 is 0 Å². The lowest BCUT2D eigenvalue weighted by molar-refractivity contribution is 0.779. The number of aromatic nitrogens is 3. The van der Waals surface area contributed by atoms with Crippen LogP contribution in [0.25, 0.3) is 22.0 Å². The van der Waals surface area contributed by atoms with Crippen molar-refractivity contribution in [2.75, 3.05) is 5.73 Å². The van der Waals surface area contributed by atoms with Gasteiger partial charge in [0, 0.05) is 29.7 Å². The minimum Gasteiger partial charge on any atom is -0.383 e. The van der Waals surface area contributed by atoms with Gasteiger partial charge >= 0.3 is 0 Å². The fraction of sp³-hybridized carbons (Fsp3) is 0.0833. The van der Waals surface area contributed by atoms with Crippen LogP contribution in [0.2, 0.25) is 5.02 Å². The van der Waals surface area contributed by atoms with Gasteiger partial charge in [0.05, 0.1) is 11.2 Å². The summed E-state index contributed by atoms with van der Waals surface area (Å²) in [7, 11) is 1.82. The second kappa shape index (κ2) is 3.53. The number of anilines is 1. The molecule has 5 heteroatoms. The largest absolute Gasteiger partial charge is 0.383 e. The van der Waals surface area contributed by atoms with E-state index in [-0.39, 0.29) is 0 Å². The number of aromatic amines is 1. The summed E-state index contributed by atoms with van der Waals surface area (Å²) in [5.74, 6) is 0.634. The van der Waals surface area contributed by atoms with Crippen molar-refractivity contribution in [2.24, 2.45) is 7.05 Å². The Morgan fingerprint density at radius 2 is 2.18 bits per heavy atom. The summed E-state index contributed by atoms with van der Waals surface area (Å²) in [6.07, 6.45) is 3.54. The van der Waals surface area contributed by atoms with Crippen molar-refractivity contribution >= 4 is 28.3 Å². The molecular formula is C12H11ClN4. The zero-order valence-corrected chi connectivity index (χ0v) is 9.99. The quantitative estimate of drug-likeness (QED) is 0.694. The summed E-state index contributed by atoms with van der Waals surface area (Å²) in [4.78, 5) is 3.12. The molecule has 0 saturated heterocycles. The van der Waals surface area contributed by atoms with Gasteiger partial charge in [-0.15, -0.1) is 0 Å². The van der Waals surface area contributed by atoms with E-state index in [2.05, 4.69) is 10.1 Å². The zero-order chi connectivity index (χ0) is 12.0. The van der Waals surface area contributed by atoms with Gasteiger partial charge < -0.3 is 10.7 Å². The number of hydrogen-bond donors (Lipinski definition) is 2. The predicted molar refractivity (Wildman–Crippen MR) is 69.9 cm³/mol. The summed E-state index contributed by atoms with van der Waals surface area (Å²) < 4.78 is 1.65. The average molecular weight is 247 g/mol. The second-order valence-corrected chi connectivity index (χ2v) is 4.34. The van der Waals surface area contributed by atoms with Crippen molar-refractivity contribution in [3.8, 4) is 11.1 Å². The number of rotatable bonds is 1. The van der Waals surface area contributed by atoms with Crippen molar-refractivity contribution in [1.82, 2.24) is 14.8 Å². The molecular weight excluding hydrogens is 236 g/mol. The molecule has 0 aliphatic rings. The number of fused-ring (bicyclic) bond motifs is 1. The molecule has 0 fully saturated rings. The Morgan fingerprint density at radius 1 is 1.35 bits per heavy atom. The topological polar surface area (TPSA) is 59.6 Å². The first-order valence-electron chi connectivity index (χ1n) is 5.22. The number of benzene rings is 1. The Morgan fingerprint density at radius 3 is 2.88 bits per heavy atom. The Bertz CT molecular complexity index is 696. The lowest BCUT2D eigenvalue weighted by Gasteiger charge is -2.03. The molecule has 1 aromatic carbocycles. The number of halogens is 1. The first-order chi connectivity index (χ1) is 8.18. The molecule has 0 aliphatic heterocycles. The second-order valence-electron chi connectivity index (χ2n) is 3.93. The molecule has 0 unspecified atom stereocenters. The molecule has 0 atom stereocenters. The zero-order valence-electron chi connectivity index (χ0n) is 9.24. The van der Waals surface area contributed by atoms with Gasteiger partial charge in [-0.1, -0.05) is 23.7 Å². The maximum Gasteiger partial charge on any atom is 0.129 e. The van der Waals surface area contributed by atoms with Crippen LogP contribution in [-0.4, -0.2) is 14.8 Å². The van der Waals surface area contributed by atoms with E-state index in [9.17, 15) is 0 Å². The molecule has 86 valence electrons. The SMILES string of the molecule is Cn1ncc(-c2cccc3[nH]cc(Cl)c23)c1N. The number of nitrogens with two attached hydrogens (primary N) is 1. The number of nitrogens with zero attached hydrogens (tertiary/aromatic N) is 2. The fourth-order valence-electron chi connectivity index (χ4n) is 2.02. The van der Waals surface area contributed by atoms with Gasteiger partial charge in [-0.05, 0) is 11.6 Å². The van der Waals surface area contributed by atoms with Gasteiger partial charge in [-0.3, -0.25) is 4.68 Å². The number of nitrogen functional groups attached to an aromatic ring is 1. The minimum atomic E-state index is 0.634. The van der Waals surface area contributed by atoms with Crippen LogP contribution in [0.5, 0.6) is 0 Å². The van der Waals surface area contributed by atoms with Crippen molar-refractivity contribution in [1.29, 1.82) is 0 Å². The maximum absolute atomic E-state index is 6.19. The highest BCUT2D eigenvalue weighted by Gasteiger charge is 2.13. The van der Waals surface area contributed by atoms with Crippen LogP contribution >= 0.6 is 11.6 Å². The minimum absolute atomic E-state index is 0.634. The molecule has 0 saturated carbocycles. The molecule has 0 aliphatic carbocycles. The first kappa shape index (κ1) is 10.2. The summed E-state index contributed by atoms with van der Waals surface area (Å²) in [5.41, 5.74) is 8.89. The smallest absolute Gasteiger partial charge is 0.129 e. The van der Waals surface area contributed by atoms with E-state index >= 15 is 0 Å². The third-order valence-electron chi connectivity index (χ3n) is 2.93. The summed E-state index contributed by atoms with van der Waals surface area (Å²) in [5, 5.41) is 5.83. The van der Waals surface area contributed by atoms with Gasteiger partial charge in [0.1, 0.15) is 5.82 Å². The van der Waals surface area contributed by atoms with Crippen LogP contribution in [0.1, 0.15) is 0 Å². The Hall–Kier alpha value is -1.94. The van der Waals surface area contributed by atoms with Crippen molar-refractivity contribution < 1.29 is 0 Å². The molecule has 17 heavy (non-hydrogen) atoms. The molecule has 0 amide bonds. The lowest BCUT2D eigenvalue weighted by atomic mass is 10.0. The van der Waals surface area contributed by atoms with Crippen molar-refractivity contribution in [3.63, 3.8) is 0 Å². The van der Waals surface area contributed by atoms with Crippen LogP contribution in [-0.2, 0) is 7.05 Å². The monoisotopic (exact) mass is 246 g/mol. The maximum atomic E-state index is 6.19. The molecule has 0 bridgehead atoms. The van der Waals surface area contributed by atoms with Crippen LogP contribution in [0.15, 0.2) is 30.6 Å². The van der Waals surface area contributed by atoms with Gasteiger partial charge in [0.2, 0.25) is 0 Å². The standard InChI is InChI=1S/C12H11ClN4/c1-17-12(14)8(5-16-17)7-3-2-4-10-11(7)9(13)6-15-10/h2-6,15H,14H2,1H3. The van der Waals surface area contributed by atoms with Crippen LogP contribution in [0.4, 0.5) is 5.82 Å². The molecule has 0 spiro atoms. The highest BCUT2D eigenvalue weighted by atomic mass is 35.5. The Labute approximate surface area is 103 Å². The highest BCUT2D eigenvalue weighted by Crippen LogP contribution is 2.35. The molecule has 3 N–H and O–H groups in total. The van der Waals surface area contributed by atoms with Crippen LogP contribution in [0, 0.1) is 0 Å². The summed E-state index contributed by atoms with van der Waals surface area (Å²) in [6.45, 7) is 0. The third-order valence-corrected chi connectivity index (χ3v) is 3.23. The molecule has 2 heterocycles. The Balaban J connectivity index is 2.37. The number of nitrogens with one attached hydrogen (secondary N) is 1. The van der Waals surface area contributed by atoms with E-state index in [4.69, 9.17) is 17.3 Å². The van der Waals surface area contributed by atoms with E-state index in [0.717, 1.165) is 22.0 Å². The van der Waals surface area contributed by atoms with Crippen molar-refractivity contribution in [3.05, 3.63) is 35.6 Å². The summed E-state index contributed by atoms with van der Waals surface area (Å²) >= 11 is 6.19. The van der Waals surface area contributed by atoms with E-state index in [1.54, 1.807) is 17.1 Å². The molecule has 0 radical (unpaired) electrons. The lowest BCUT2D eigenvalue weighted by Crippen LogP contribution is -1.98. The van der Waals surface area contributed by atoms with Crippen LogP contribution < -0.4 is 5.73 Å². The number of hydrogen-bond acceptors (Lipinski definition) is 2. The summed E-state index contributed by atoms with van der Waals surface area (Å²) in [6, 6.07) is 5.95. The van der Waals surface area contributed by atoms with E-state index in [1.165, 1.54) is 0 Å². The number of H-pyrrole nitrogens is 1. The van der Waals surface area contributed by atoms with E-state index in [1.807, 2.05) is 25.2 Å². The Kier molecular flexibility index (Phi) is 2.12. The fourth-order valence-corrected chi connectivity index (χ4v) is 2.28. The van der Waals surface area contributed by atoms with E-state index in [0.29, 0.717) is 10.8 Å². The van der Waals surface area contributed by atoms with Gasteiger partial charge in [0.15, 0.2) is 0 Å². The molecule has 4 nitrogen and oxygen atoms in total. The van der Waals surface area contributed by atoms with Gasteiger partial charge in [-0.2, -0.15) is 5.10 Å². The first-order valence-corrected chi connectivity index (χ1v) is 5.59. The van der Waals surface area contributed by atoms with Gasteiger partial charge in [0.25, 0.3) is 0 Å². The van der Waals surface area contributed by atoms with Crippen molar-refractivity contribution in [2.45, 2.75) is 0 Å². The predicted octanol–water partition coefficient (Wildman–Crippen LogP) is 2.80. The van der Waals surface area contributed by atoms with Gasteiger partial charge in [-0.25, -0.2) is 0 Å². The highest BCUT2D eigenvalue weighted by molar-refractivity contribution is 6.36. The average Bonchev–Trinajstić information content (AvgIpc) is 2.86. The molecule has 2 aromatic heterocycles. The third kappa shape index (κ3) is 1.41. The molecule has 3 rings (SSSR count). The van der Waals surface area contributed by atoms with Crippen LogP contribution in [0.3, 0.4) is 0 Å². The molecule has 3 aromatic rings. The number of aryl methyl sites for hydroxylation is 1.